The highest BCUT2D eigenvalue weighted by atomic mass is 16.7. The molecule has 5 heteroatoms. The molecule has 3 fully saturated rings. The Morgan fingerprint density at radius 2 is 2.07 bits per heavy atom. The highest BCUT2D eigenvalue weighted by molar-refractivity contribution is 5.62. The fourth-order valence-electron chi connectivity index (χ4n) is 3.28. The average molecular weight is 363 g/mol. The van der Waals surface area contributed by atoms with Crippen LogP contribution in [0.2, 0.25) is 0 Å². The molecule has 1 saturated heterocycles. The van der Waals surface area contributed by atoms with Crippen LogP contribution in [0.1, 0.15) is 36.8 Å². The van der Waals surface area contributed by atoms with Gasteiger partial charge in [0.2, 0.25) is 0 Å². The minimum Gasteiger partial charge on any atom is -0.350 e. The average Bonchev–Trinajstić information content (AvgIpc) is 3.60. The van der Waals surface area contributed by atoms with Crippen molar-refractivity contribution in [3.63, 3.8) is 0 Å². The lowest BCUT2D eigenvalue weighted by Crippen LogP contribution is -2.35. The van der Waals surface area contributed by atoms with Crippen molar-refractivity contribution in [2.45, 2.75) is 45.4 Å². The number of rotatable bonds is 4. The van der Waals surface area contributed by atoms with Crippen LogP contribution in [0.4, 0.5) is 11.5 Å². The third kappa shape index (κ3) is 4.02. The van der Waals surface area contributed by atoms with Crippen molar-refractivity contribution in [1.82, 2.24) is 9.55 Å². The number of hydrogen-bond acceptors (Lipinski definition) is 4. The van der Waals surface area contributed by atoms with Crippen LogP contribution in [0.3, 0.4) is 0 Å². The van der Waals surface area contributed by atoms with E-state index in [1.54, 1.807) is 0 Å². The van der Waals surface area contributed by atoms with E-state index in [1.807, 2.05) is 17.1 Å². The number of aromatic nitrogens is 2. The minimum atomic E-state index is -0.180. The first kappa shape index (κ1) is 16.9. The van der Waals surface area contributed by atoms with E-state index in [9.17, 15) is 0 Å². The summed E-state index contributed by atoms with van der Waals surface area (Å²) in [6, 6.07) is 6.29. The zero-order chi connectivity index (χ0) is 18.3. The van der Waals surface area contributed by atoms with E-state index in [0.29, 0.717) is 17.9 Å². The van der Waals surface area contributed by atoms with Gasteiger partial charge in [-0.2, -0.15) is 0 Å². The van der Waals surface area contributed by atoms with Crippen LogP contribution >= 0.6 is 0 Å². The molecule has 140 valence electrons. The highest BCUT2D eigenvalue weighted by Gasteiger charge is 2.46. The molecule has 1 aromatic heterocycles. The first-order valence-electron chi connectivity index (χ1n) is 9.82. The Kier molecular flexibility index (Phi) is 4.18. The summed E-state index contributed by atoms with van der Waals surface area (Å²) in [6.07, 6.45) is 8.61. The number of benzene rings is 1. The molecule has 5 nitrogen and oxygen atoms in total. The molecule has 5 rings (SSSR count). The molecule has 1 spiro atoms. The van der Waals surface area contributed by atoms with Gasteiger partial charge in [0.05, 0.1) is 26.1 Å². The van der Waals surface area contributed by atoms with Crippen molar-refractivity contribution in [3.8, 4) is 11.8 Å². The van der Waals surface area contributed by atoms with Crippen LogP contribution in [0.25, 0.3) is 0 Å². The summed E-state index contributed by atoms with van der Waals surface area (Å²) in [7, 11) is 0. The van der Waals surface area contributed by atoms with Crippen molar-refractivity contribution in [3.05, 3.63) is 41.9 Å². The van der Waals surface area contributed by atoms with Gasteiger partial charge < -0.3 is 19.4 Å². The van der Waals surface area contributed by atoms with E-state index in [-0.39, 0.29) is 6.29 Å². The van der Waals surface area contributed by atoms with Gasteiger partial charge in [0.25, 0.3) is 0 Å². The molecule has 1 aliphatic heterocycles. The van der Waals surface area contributed by atoms with Crippen molar-refractivity contribution in [2.75, 3.05) is 18.5 Å². The van der Waals surface area contributed by atoms with Gasteiger partial charge in [-0.05, 0) is 50.3 Å². The Hall–Kier alpha value is -2.29. The predicted molar refractivity (Wildman–Crippen MR) is 104 cm³/mol. The SMILES string of the molecule is Cc1ccc(C#CC2CC2)cc1Nc1cn(CC2OCC3(CC3)CO2)cn1. The number of anilines is 2. The lowest BCUT2D eigenvalue weighted by atomic mass is 10.1. The van der Waals surface area contributed by atoms with Crippen LogP contribution in [0.5, 0.6) is 0 Å². The molecule has 1 N–H and O–H groups in total. The second-order valence-corrected chi connectivity index (χ2v) is 8.21. The van der Waals surface area contributed by atoms with E-state index in [1.165, 1.54) is 31.2 Å². The molecule has 0 unspecified atom stereocenters. The maximum atomic E-state index is 5.87. The van der Waals surface area contributed by atoms with Gasteiger partial charge in [-0.1, -0.05) is 17.9 Å². The number of aryl methyl sites for hydroxylation is 1. The maximum absolute atomic E-state index is 5.87. The molecule has 2 aromatic rings. The van der Waals surface area contributed by atoms with Gasteiger partial charge >= 0.3 is 0 Å². The summed E-state index contributed by atoms with van der Waals surface area (Å²) in [6.45, 7) is 4.40. The maximum Gasteiger partial charge on any atom is 0.175 e. The quantitative estimate of drug-likeness (QED) is 0.839. The minimum absolute atomic E-state index is 0.180. The smallest absolute Gasteiger partial charge is 0.175 e. The summed E-state index contributed by atoms with van der Waals surface area (Å²) in [5.41, 5.74) is 3.61. The third-order valence-corrected chi connectivity index (χ3v) is 5.60. The first-order valence-corrected chi connectivity index (χ1v) is 9.82. The predicted octanol–water partition coefficient (Wildman–Crippen LogP) is 3.85. The molecule has 0 atom stereocenters. The zero-order valence-corrected chi connectivity index (χ0v) is 15.7. The van der Waals surface area contributed by atoms with E-state index in [0.717, 1.165) is 30.3 Å². The van der Waals surface area contributed by atoms with Crippen molar-refractivity contribution >= 4 is 11.5 Å². The fourth-order valence-corrected chi connectivity index (χ4v) is 3.28. The number of ether oxygens (including phenoxy) is 2. The molecule has 1 aromatic carbocycles. The molecule has 0 bridgehead atoms. The van der Waals surface area contributed by atoms with Crippen LogP contribution in [-0.2, 0) is 16.0 Å². The van der Waals surface area contributed by atoms with E-state index >= 15 is 0 Å². The lowest BCUT2D eigenvalue weighted by Gasteiger charge is -2.29. The van der Waals surface area contributed by atoms with Gasteiger partial charge in [0.15, 0.2) is 6.29 Å². The van der Waals surface area contributed by atoms with Gasteiger partial charge in [0.1, 0.15) is 5.82 Å². The molecular weight excluding hydrogens is 338 g/mol. The van der Waals surface area contributed by atoms with Gasteiger partial charge in [-0.25, -0.2) is 4.98 Å². The van der Waals surface area contributed by atoms with Gasteiger partial charge in [-0.3, -0.25) is 0 Å². The van der Waals surface area contributed by atoms with Gasteiger partial charge in [-0.15, -0.1) is 0 Å². The van der Waals surface area contributed by atoms with Crippen LogP contribution in [0, 0.1) is 30.1 Å². The van der Waals surface area contributed by atoms with E-state index in [4.69, 9.17) is 9.47 Å². The fraction of sp³-hybridized carbons (Fsp3) is 0.500. The molecule has 2 aliphatic carbocycles. The van der Waals surface area contributed by atoms with E-state index < -0.39 is 0 Å². The monoisotopic (exact) mass is 363 g/mol. The summed E-state index contributed by atoms with van der Waals surface area (Å²) >= 11 is 0. The Bertz CT molecular complexity index is 890. The van der Waals surface area contributed by atoms with Crippen molar-refractivity contribution in [2.24, 2.45) is 11.3 Å². The number of imidazole rings is 1. The van der Waals surface area contributed by atoms with Crippen molar-refractivity contribution in [1.29, 1.82) is 0 Å². The van der Waals surface area contributed by atoms with Gasteiger partial charge in [0, 0.05) is 28.8 Å². The Morgan fingerprint density at radius 1 is 1.26 bits per heavy atom. The van der Waals surface area contributed by atoms with Crippen LogP contribution in [-0.4, -0.2) is 29.1 Å². The molecule has 2 heterocycles. The molecule has 27 heavy (non-hydrogen) atoms. The summed E-state index contributed by atoms with van der Waals surface area (Å²) in [4.78, 5) is 4.48. The second kappa shape index (κ2) is 6.70. The third-order valence-electron chi connectivity index (χ3n) is 5.60. The first-order chi connectivity index (χ1) is 13.2. The zero-order valence-electron chi connectivity index (χ0n) is 15.7. The second-order valence-electron chi connectivity index (χ2n) is 8.21. The number of nitrogens with one attached hydrogen (secondary N) is 1. The largest absolute Gasteiger partial charge is 0.350 e. The Morgan fingerprint density at radius 3 is 2.81 bits per heavy atom. The van der Waals surface area contributed by atoms with Crippen LogP contribution in [0.15, 0.2) is 30.7 Å². The molecule has 0 amide bonds. The summed E-state index contributed by atoms with van der Waals surface area (Å²) in [5, 5.41) is 3.42. The summed E-state index contributed by atoms with van der Waals surface area (Å²) in [5.74, 6) is 8.03. The van der Waals surface area contributed by atoms with Crippen LogP contribution < -0.4 is 5.32 Å². The Balaban J connectivity index is 1.22. The standard InChI is InChI=1S/C22H25N3O2/c1-16-2-3-18(7-6-17-4-5-17)10-19(16)24-20-11-25(15-23-20)12-21-26-13-22(8-9-22)14-27-21/h2-3,10-11,15,17,21,24H,4-5,8-9,12-14H2,1H3. The molecular formula is C22H25N3O2. The molecule has 2 saturated carbocycles. The number of hydrogen-bond donors (Lipinski definition) is 1. The normalized spacial score (nSPS) is 20.9. The highest BCUT2D eigenvalue weighted by Crippen LogP contribution is 2.48. The van der Waals surface area contributed by atoms with E-state index in [2.05, 4.69) is 47.3 Å². The van der Waals surface area contributed by atoms with Crippen molar-refractivity contribution < 1.29 is 9.47 Å². The summed E-state index contributed by atoms with van der Waals surface area (Å²) < 4.78 is 13.8. The lowest BCUT2D eigenvalue weighted by molar-refractivity contribution is -0.212. The topological polar surface area (TPSA) is 48.3 Å². The molecule has 3 aliphatic rings. The molecule has 0 radical (unpaired) electrons. The Labute approximate surface area is 160 Å². The number of nitrogens with zero attached hydrogens (tertiary/aromatic N) is 2.